The fourth-order valence-electron chi connectivity index (χ4n) is 2.07. The molecular weight excluding hydrogens is 158 g/mol. The van der Waals surface area contributed by atoms with Crippen LogP contribution in [-0.2, 0) is 6.42 Å². The Hall–Kier alpha value is -0.820. The Morgan fingerprint density at radius 2 is 2.08 bits per heavy atom. The number of hydrogen-bond donors (Lipinski definition) is 1. The van der Waals surface area contributed by atoms with E-state index in [9.17, 15) is 0 Å². The lowest BCUT2D eigenvalue weighted by molar-refractivity contribution is 0.581. The molecule has 1 aliphatic heterocycles. The molecule has 0 spiro atoms. The van der Waals surface area contributed by atoms with Crippen molar-refractivity contribution in [3.63, 3.8) is 0 Å². The fraction of sp³-hybridized carbons (Fsp3) is 0.500. The summed E-state index contributed by atoms with van der Waals surface area (Å²) in [4.78, 5) is 0. The molecule has 0 saturated carbocycles. The van der Waals surface area contributed by atoms with E-state index >= 15 is 0 Å². The lowest BCUT2D eigenvalue weighted by Crippen LogP contribution is -2.23. The standard InChI is InChI=1S/C12H17N/c1-10-7-12(13-9-10)8-11-5-3-2-4-6-11/h2-6,10,12-13H,7-9H2,1H3/t10-,12-/m0/s1. The van der Waals surface area contributed by atoms with Gasteiger partial charge in [0.25, 0.3) is 0 Å². The van der Waals surface area contributed by atoms with Gasteiger partial charge in [-0.2, -0.15) is 0 Å². The first kappa shape index (κ1) is 8.76. The summed E-state index contributed by atoms with van der Waals surface area (Å²) in [5.41, 5.74) is 1.45. The normalized spacial score (nSPS) is 27.8. The lowest BCUT2D eigenvalue weighted by atomic mass is 10.0. The molecule has 2 rings (SSSR count). The summed E-state index contributed by atoms with van der Waals surface area (Å²) in [6.07, 6.45) is 2.51. The summed E-state index contributed by atoms with van der Waals surface area (Å²) in [7, 11) is 0. The summed E-state index contributed by atoms with van der Waals surface area (Å²) in [5.74, 6) is 0.855. The van der Waals surface area contributed by atoms with Gasteiger partial charge in [0.1, 0.15) is 0 Å². The third-order valence-corrected chi connectivity index (χ3v) is 2.77. The van der Waals surface area contributed by atoms with Gasteiger partial charge in [-0.05, 0) is 30.9 Å². The van der Waals surface area contributed by atoms with Crippen LogP contribution in [-0.4, -0.2) is 12.6 Å². The Morgan fingerprint density at radius 3 is 2.69 bits per heavy atom. The molecule has 1 nitrogen and oxygen atoms in total. The van der Waals surface area contributed by atoms with Crippen LogP contribution in [0.5, 0.6) is 0 Å². The van der Waals surface area contributed by atoms with Gasteiger partial charge in [-0.25, -0.2) is 0 Å². The minimum absolute atomic E-state index is 0.706. The Bertz CT molecular complexity index is 255. The smallest absolute Gasteiger partial charge is 0.0111 e. The van der Waals surface area contributed by atoms with Crippen molar-refractivity contribution in [2.45, 2.75) is 25.8 Å². The molecule has 1 aromatic carbocycles. The molecule has 0 bridgehead atoms. The third kappa shape index (κ3) is 2.31. The zero-order valence-electron chi connectivity index (χ0n) is 8.16. The molecule has 1 heterocycles. The van der Waals surface area contributed by atoms with E-state index in [0.29, 0.717) is 6.04 Å². The van der Waals surface area contributed by atoms with Gasteiger partial charge in [0.15, 0.2) is 0 Å². The molecule has 1 fully saturated rings. The molecule has 70 valence electrons. The van der Waals surface area contributed by atoms with Crippen molar-refractivity contribution in [2.75, 3.05) is 6.54 Å². The van der Waals surface area contributed by atoms with Crippen molar-refractivity contribution in [2.24, 2.45) is 5.92 Å². The average molecular weight is 175 g/mol. The van der Waals surface area contributed by atoms with E-state index in [-0.39, 0.29) is 0 Å². The van der Waals surface area contributed by atoms with Crippen molar-refractivity contribution in [3.8, 4) is 0 Å². The average Bonchev–Trinajstić information content (AvgIpc) is 2.53. The molecule has 1 heteroatoms. The number of rotatable bonds is 2. The van der Waals surface area contributed by atoms with Crippen molar-refractivity contribution < 1.29 is 0 Å². The lowest BCUT2D eigenvalue weighted by Gasteiger charge is -2.09. The van der Waals surface area contributed by atoms with Gasteiger partial charge in [0.2, 0.25) is 0 Å². The fourth-order valence-corrected chi connectivity index (χ4v) is 2.07. The van der Waals surface area contributed by atoms with E-state index in [1.165, 1.54) is 24.9 Å². The molecule has 1 aliphatic rings. The second-order valence-electron chi connectivity index (χ2n) is 4.14. The van der Waals surface area contributed by atoms with Crippen LogP contribution in [0.25, 0.3) is 0 Å². The predicted octanol–water partition coefficient (Wildman–Crippen LogP) is 2.23. The van der Waals surface area contributed by atoms with Gasteiger partial charge in [-0.3, -0.25) is 0 Å². The van der Waals surface area contributed by atoms with Crippen LogP contribution in [0.2, 0.25) is 0 Å². The monoisotopic (exact) mass is 175 g/mol. The van der Waals surface area contributed by atoms with Crippen LogP contribution in [0.15, 0.2) is 30.3 Å². The molecule has 1 saturated heterocycles. The van der Waals surface area contributed by atoms with E-state index in [1.807, 2.05) is 0 Å². The molecule has 0 radical (unpaired) electrons. The zero-order valence-corrected chi connectivity index (χ0v) is 8.16. The topological polar surface area (TPSA) is 12.0 Å². The molecule has 2 atom stereocenters. The molecular formula is C12H17N. The summed E-state index contributed by atoms with van der Waals surface area (Å²) < 4.78 is 0. The summed E-state index contributed by atoms with van der Waals surface area (Å²) in [5, 5.41) is 3.55. The van der Waals surface area contributed by atoms with Crippen LogP contribution in [0, 0.1) is 5.92 Å². The van der Waals surface area contributed by atoms with Crippen molar-refractivity contribution in [1.29, 1.82) is 0 Å². The summed E-state index contributed by atoms with van der Waals surface area (Å²) >= 11 is 0. The van der Waals surface area contributed by atoms with E-state index in [4.69, 9.17) is 0 Å². The maximum absolute atomic E-state index is 3.55. The van der Waals surface area contributed by atoms with E-state index < -0.39 is 0 Å². The van der Waals surface area contributed by atoms with Gasteiger partial charge in [-0.15, -0.1) is 0 Å². The Labute approximate surface area is 80.2 Å². The predicted molar refractivity (Wildman–Crippen MR) is 55.7 cm³/mol. The number of hydrogen-bond acceptors (Lipinski definition) is 1. The molecule has 1 N–H and O–H groups in total. The van der Waals surface area contributed by atoms with Crippen LogP contribution >= 0.6 is 0 Å². The second kappa shape index (κ2) is 3.93. The van der Waals surface area contributed by atoms with E-state index in [1.54, 1.807) is 0 Å². The highest BCUT2D eigenvalue weighted by Gasteiger charge is 2.19. The SMILES string of the molecule is C[C@@H]1CN[C@H](Cc2ccccc2)C1. The van der Waals surface area contributed by atoms with Crippen molar-refractivity contribution in [1.82, 2.24) is 5.32 Å². The highest BCUT2D eigenvalue weighted by molar-refractivity contribution is 5.16. The minimum atomic E-state index is 0.706. The van der Waals surface area contributed by atoms with E-state index in [2.05, 4.69) is 42.6 Å². The second-order valence-corrected chi connectivity index (χ2v) is 4.14. The quantitative estimate of drug-likeness (QED) is 0.726. The Kier molecular flexibility index (Phi) is 2.65. The largest absolute Gasteiger partial charge is 0.313 e. The maximum Gasteiger partial charge on any atom is 0.0111 e. The van der Waals surface area contributed by atoms with Crippen LogP contribution in [0.3, 0.4) is 0 Å². The molecule has 13 heavy (non-hydrogen) atoms. The first-order valence-corrected chi connectivity index (χ1v) is 5.12. The summed E-state index contributed by atoms with van der Waals surface area (Å²) in [6, 6.07) is 11.4. The van der Waals surface area contributed by atoms with Crippen LogP contribution < -0.4 is 5.32 Å². The molecule has 0 aromatic heterocycles. The minimum Gasteiger partial charge on any atom is -0.313 e. The van der Waals surface area contributed by atoms with Crippen molar-refractivity contribution in [3.05, 3.63) is 35.9 Å². The van der Waals surface area contributed by atoms with Gasteiger partial charge >= 0.3 is 0 Å². The number of benzene rings is 1. The van der Waals surface area contributed by atoms with Gasteiger partial charge in [0.05, 0.1) is 0 Å². The first-order chi connectivity index (χ1) is 6.34. The molecule has 0 amide bonds. The Balaban J connectivity index is 1.92. The van der Waals surface area contributed by atoms with Crippen LogP contribution in [0.4, 0.5) is 0 Å². The highest BCUT2D eigenvalue weighted by atomic mass is 14.9. The highest BCUT2D eigenvalue weighted by Crippen LogP contribution is 2.16. The number of nitrogens with one attached hydrogen (secondary N) is 1. The third-order valence-electron chi connectivity index (χ3n) is 2.77. The molecule has 0 aliphatic carbocycles. The van der Waals surface area contributed by atoms with E-state index in [0.717, 1.165) is 5.92 Å². The summed E-state index contributed by atoms with van der Waals surface area (Å²) in [6.45, 7) is 3.51. The van der Waals surface area contributed by atoms with Gasteiger partial charge in [0, 0.05) is 6.04 Å². The zero-order chi connectivity index (χ0) is 9.10. The van der Waals surface area contributed by atoms with Crippen LogP contribution in [0.1, 0.15) is 18.9 Å². The van der Waals surface area contributed by atoms with Crippen molar-refractivity contribution >= 4 is 0 Å². The first-order valence-electron chi connectivity index (χ1n) is 5.12. The Morgan fingerprint density at radius 1 is 1.31 bits per heavy atom. The van der Waals surface area contributed by atoms with Gasteiger partial charge < -0.3 is 5.32 Å². The molecule has 1 aromatic rings. The molecule has 0 unspecified atom stereocenters. The maximum atomic E-state index is 3.55. The van der Waals surface area contributed by atoms with Gasteiger partial charge in [-0.1, -0.05) is 37.3 Å².